The summed E-state index contributed by atoms with van der Waals surface area (Å²) in [4.78, 5) is 26.8. The first-order chi connectivity index (χ1) is 16.1. The summed E-state index contributed by atoms with van der Waals surface area (Å²) in [6.07, 6.45) is 2.07. The van der Waals surface area contributed by atoms with Gasteiger partial charge in [0.15, 0.2) is 0 Å². The predicted octanol–water partition coefficient (Wildman–Crippen LogP) is 3.35. The van der Waals surface area contributed by atoms with E-state index in [4.69, 9.17) is 0 Å². The number of fused-ring (bicyclic) bond motifs is 1. The monoisotopic (exact) mass is 485 g/mol. The molecule has 0 saturated heterocycles. The average molecular weight is 486 g/mol. The molecule has 0 spiro atoms. The minimum Gasteiger partial charge on any atom is -0.354 e. The second-order valence-corrected chi connectivity index (χ2v) is 11.0. The maximum atomic E-state index is 13.2. The quantitative estimate of drug-likeness (QED) is 0.540. The Morgan fingerprint density at radius 3 is 2.56 bits per heavy atom. The van der Waals surface area contributed by atoms with Gasteiger partial charge in [-0.2, -0.15) is 4.72 Å². The Bertz CT molecular complexity index is 1140. The van der Waals surface area contributed by atoms with Crippen LogP contribution in [0.3, 0.4) is 0 Å². The van der Waals surface area contributed by atoms with Gasteiger partial charge in [-0.15, -0.1) is 0 Å². The van der Waals surface area contributed by atoms with Crippen molar-refractivity contribution in [2.45, 2.75) is 64.3 Å². The number of anilines is 1. The molecule has 2 amide bonds. The number of nitrogens with one attached hydrogen (secondary N) is 2. The van der Waals surface area contributed by atoms with E-state index in [1.165, 1.54) is 6.07 Å². The molecular weight excluding hydrogens is 450 g/mol. The van der Waals surface area contributed by atoms with Crippen LogP contribution < -0.4 is 14.9 Å². The molecule has 1 aliphatic rings. The number of aryl methyl sites for hydroxylation is 1. The number of benzene rings is 2. The Morgan fingerprint density at radius 1 is 1.12 bits per heavy atom. The molecule has 1 heterocycles. The fourth-order valence-corrected chi connectivity index (χ4v) is 5.51. The summed E-state index contributed by atoms with van der Waals surface area (Å²) in [6.45, 7) is 8.72. The van der Waals surface area contributed by atoms with Crippen LogP contribution in [0.4, 0.5) is 5.69 Å². The lowest BCUT2D eigenvalue weighted by Gasteiger charge is -2.21. The highest BCUT2D eigenvalue weighted by molar-refractivity contribution is 7.89. The van der Waals surface area contributed by atoms with E-state index in [9.17, 15) is 18.0 Å². The van der Waals surface area contributed by atoms with Gasteiger partial charge in [0.2, 0.25) is 21.8 Å². The van der Waals surface area contributed by atoms with Gasteiger partial charge in [-0.25, -0.2) is 8.42 Å². The van der Waals surface area contributed by atoms with Crippen LogP contribution in [0.25, 0.3) is 0 Å². The molecule has 0 unspecified atom stereocenters. The standard InChI is InChI=1S/C26H35N3O4S/c1-5-25(30)29-14-12-21-17-22(9-10-24(21)29)34(32,33)28-23(15-18(2)3)26(31)27-13-11-20-8-6-7-19(4)16-20/h6-10,16-18,23,28H,5,11-15H2,1-4H3,(H,27,31)/t23-/m1/s1. The van der Waals surface area contributed by atoms with Crippen molar-refractivity contribution in [2.24, 2.45) is 5.92 Å². The van der Waals surface area contributed by atoms with Gasteiger partial charge in [0, 0.05) is 25.2 Å². The van der Waals surface area contributed by atoms with Crippen LogP contribution in [0.15, 0.2) is 47.4 Å². The van der Waals surface area contributed by atoms with Gasteiger partial charge in [0.25, 0.3) is 0 Å². The minimum atomic E-state index is -3.91. The lowest BCUT2D eigenvalue weighted by molar-refractivity contribution is -0.123. The SMILES string of the molecule is CCC(=O)N1CCc2cc(S(=O)(=O)N[C@H](CC(C)C)C(=O)NCCc3cccc(C)c3)ccc21. The number of nitrogens with zero attached hydrogens (tertiary/aromatic N) is 1. The third kappa shape index (κ3) is 6.45. The van der Waals surface area contributed by atoms with Crippen LogP contribution in [-0.2, 0) is 32.5 Å². The second kappa shape index (κ2) is 11.1. The van der Waals surface area contributed by atoms with Crippen molar-refractivity contribution >= 4 is 27.5 Å². The van der Waals surface area contributed by atoms with E-state index in [2.05, 4.69) is 16.1 Å². The molecule has 2 aromatic rings. The lowest BCUT2D eigenvalue weighted by atomic mass is 10.0. The van der Waals surface area contributed by atoms with Crippen molar-refractivity contribution in [1.29, 1.82) is 0 Å². The fourth-order valence-electron chi connectivity index (χ4n) is 4.25. The molecule has 0 radical (unpaired) electrons. The van der Waals surface area contributed by atoms with Gasteiger partial charge in [0.05, 0.1) is 4.90 Å². The predicted molar refractivity (Wildman–Crippen MR) is 134 cm³/mol. The maximum Gasteiger partial charge on any atom is 0.241 e. The van der Waals surface area contributed by atoms with Crippen molar-refractivity contribution in [3.05, 3.63) is 59.2 Å². The molecular formula is C26H35N3O4S. The fraction of sp³-hybridized carbons (Fsp3) is 0.462. The van der Waals surface area contributed by atoms with E-state index in [0.29, 0.717) is 38.8 Å². The zero-order valence-corrected chi connectivity index (χ0v) is 21.2. The Balaban J connectivity index is 1.70. The second-order valence-electron chi connectivity index (χ2n) is 9.27. The summed E-state index contributed by atoms with van der Waals surface area (Å²) < 4.78 is 28.9. The smallest absolute Gasteiger partial charge is 0.241 e. The Labute approximate surface area is 203 Å². The highest BCUT2D eigenvalue weighted by atomic mass is 32.2. The summed E-state index contributed by atoms with van der Waals surface area (Å²) in [5.74, 6) is -0.179. The Hall–Kier alpha value is -2.71. The first kappa shape index (κ1) is 25.9. The van der Waals surface area contributed by atoms with Crippen LogP contribution in [0.5, 0.6) is 0 Å². The van der Waals surface area contributed by atoms with Gasteiger partial charge in [-0.3, -0.25) is 9.59 Å². The minimum absolute atomic E-state index is 0.0202. The number of carbonyl (C=O) groups excluding carboxylic acids is 2. The van der Waals surface area contributed by atoms with E-state index in [0.717, 1.165) is 22.4 Å². The summed E-state index contributed by atoms with van der Waals surface area (Å²) in [5.41, 5.74) is 3.87. The molecule has 0 bridgehead atoms. The number of hydrogen-bond acceptors (Lipinski definition) is 4. The van der Waals surface area contributed by atoms with E-state index in [1.807, 2.05) is 45.9 Å². The van der Waals surface area contributed by atoms with E-state index in [1.54, 1.807) is 17.0 Å². The summed E-state index contributed by atoms with van der Waals surface area (Å²) >= 11 is 0. The molecule has 0 saturated carbocycles. The molecule has 1 atom stereocenters. The molecule has 2 N–H and O–H groups in total. The van der Waals surface area contributed by atoms with Crippen molar-refractivity contribution < 1.29 is 18.0 Å². The van der Waals surface area contributed by atoms with Crippen LogP contribution >= 0.6 is 0 Å². The van der Waals surface area contributed by atoms with Gasteiger partial charge >= 0.3 is 0 Å². The maximum absolute atomic E-state index is 13.2. The van der Waals surface area contributed by atoms with E-state index < -0.39 is 16.1 Å². The molecule has 34 heavy (non-hydrogen) atoms. The van der Waals surface area contributed by atoms with Gasteiger partial charge in [-0.1, -0.05) is 50.6 Å². The molecule has 0 fully saturated rings. The third-order valence-electron chi connectivity index (χ3n) is 5.98. The first-order valence-electron chi connectivity index (χ1n) is 11.9. The lowest BCUT2D eigenvalue weighted by Crippen LogP contribution is -2.47. The van der Waals surface area contributed by atoms with Crippen molar-refractivity contribution in [3.63, 3.8) is 0 Å². The van der Waals surface area contributed by atoms with Crippen LogP contribution in [0.2, 0.25) is 0 Å². The number of carbonyl (C=O) groups is 2. The Morgan fingerprint density at radius 2 is 1.88 bits per heavy atom. The number of sulfonamides is 1. The molecule has 1 aliphatic heterocycles. The summed E-state index contributed by atoms with van der Waals surface area (Å²) in [7, 11) is -3.91. The number of hydrogen-bond donors (Lipinski definition) is 2. The number of rotatable bonds is 10. The average Bonchev–Trinajstić information content (AvgIpc) is 3.21. The van der Waals surface area contributed by atoms with Crippen LogP contribution in [0.1, 0.15) is 50.3 Å². The highest BCUT2D eigenvalue weighted by Crippen LogP contribution is 2.30. The molecule has 3 rings (SSSR count). The molecule has 8 heteroatoms. The first-order valence-corrected chi connectivity index (χ1v) is 13.4. The van der Waals surface area contributed by atoms with E-state index in [-0.39, 0.29) is 22.6 Å². The highest BCUT2D eigenvalue weighted by Gasteiger charge is 2.29. The molecule has 2 aromatic carbocycles. The van der Waals surface area contributed by atoms with Crippen LogP contribution in [-0.4, -0.2) is 39.4 Å². The largest absolute Gasteiger partial charge is 0.354 e. The normalized spacial score (nSPS) is 14.2. The van der Waals surface area contributed by atoms with Crippen molar-refractivity contribution in [2.75, 3.05) is 18.0 Å². The van der Waals surface area contributed by atoms with Gasteiger partial charge < -0.3 is 10.2 Å². The molecule has 0 aliphatic carbocycles. The number of amides is 2. The van der Waals surface area contributed by atoms with Crippen LogP contribution in [0, 0.1) is 12.8 Å². The third-order valence-corrected chi connectivity index (χ3v) is 7.45. The zero-order valence-electron chi connectivity index (χ0n) is 20.4. The zero-order chi connectivity index (χ0) is 24.9. The van der Waals surface area contributed by atoms with Gasteiger partial charge in [0.1, 0.15) is 6.04 Å². The Kier molecular flexibility index (Phi) is 8.49. The topological polar surface area (TPSA) is 95.6 Å². The summed E-state index contributed by atoms with van der Waals surface area (Å²) in [5, 5.41) is 2.89. The van der Waals surface area contributed by atoms with E-state index >= 15 is 0 Å². The molecule has 184 valence electrons. The van der Waals surface area contributed by atoms with Crippen molar-refractivity contribution in [3.8, 4) is 0 Å². The molecule has 7 nitrogen and oxygen atoms in total. The molecule has 0 aromatic heterocycles. The van der Waals surface area contributed by atoms with Gasteiger partial charge in [-0.05, 0) is 61.4 Å². The van der Waals surface area contributed by atoms with Crippen molar-refractivity contribution in [1.82, 2.24) is 10.0 Å². The summed E-state index contributed by atoms with van der Waals surface area (Å²) in [6, 6.07) is 12.0.